The van der Waals surface area contributed by atoms with Crippen molar-refractivity contribution >= 4 is 27.5 Å². The largest absolute Gasteiger partial charge is 0.493 e. The number of rotatable bonds is 15. The Bertz CT molecular complexity index is 1800. The standard InChI is InChI=1S/C38H45N3O6S/c1-7-29(4)39-38(43)34(23-30-13-9-8-10-14-30)40(25-31-15-11-12-28(3)22-31)37(42)26-41(32-18-16-27(2)17-19-32)48(44,45)33-20-21-35(46-5)36(24-33)47-6/h8-22,24,29,34H,7,23,25-26H2,1-6H3,(H,39,43)/t29-,34+/m1/s1. The van der Waals surface area contributed by atoms with Gasteiger partial charge in [-0.05, 0) is 62.6 Å². The van der Waals surface area contributed by atoms with E-state index in [0.717, 1.165) is 26.6 Å². The summed E-state index contributed by atoms with van der Waals surface area (Å²) >= 11 is 0. The predicted molar refractivity (Wildman–Crippen MR) is 189 cm³/mol. The highest BCUT2D eigenvalue weighted by Gasteiger charge is 2.35. The van der Waals surface area contributed by atoms with Crippen LogP contribution in [-0.4, -0.2) is 58.0 Å². The molecule has 1 N–H and O–H groups in total. The van der Waals surface area contributed by atoms with Gasteiger partial charge >= 0.3 is 0 Å². The smallest absolute Gasteiger partial charge is 0.264 e. The molecule has 10 heteroatoms. The number of hydrogen-bond donors (Lipinski definition) is 1. The van der Waals surface area contributed by atoms with Crippen LogP contribution in [0.1, 0.15) is 42.5 Å². The Hall–Kier alpha value is -4.83. The summed E-state index contributed by atoms with van der Waals surface area (Å²) in [5.41, 5.74) is 3.93. The van der Waals surface area contributed by atoms with Crippen LogP contribution in [0.4, 0.5) is 5.69 Å². The zero-order valence-corrected chi connectivity index (χ0v) is 29.3. The fourth-order valence-electron chi connectivity index (χ4n) is 5.35. The van der Waals surface area contributed by atoms with Crippen molar-refractivity contribution in [3.63, 3.8) is 0 Å². The Morgan fingerprint density at radius 3 is 2.08 bits per heavy atom. The van der Waals surface area contributed by atoms with Crippen molar-refractivity contribution in [1.29, 1.82) is 0 Å². The lowest BCUT2D eigenvalue weighted by Crippen LogP contribution is -2.54. The van der Waals surface area contributed by atoms with E-state index in [9.17, 15) is 18.0 Å². The number of carbonyl (C=O) groups excluding carboxylic acids is 2. The highest BCUT2D eigenvalue weighted by molar-refractivity contribution is 7.92. The average Bonchev–Trinajstić information content (AvgIpc) is 3.09. The summed E-state index contributed by atoms with van der Waals surface area (Å²) in [7, 11) is -1.42. The van der Waals surface area contributed by atoms with Gasteiger partial charge in [0, 0.05) is 25.1 Å². The van der Waals surface area contributed by atoms with E-state index in [1.54, 1.807) is 24.3 Å². The first-order valence-electron chi connectivity index (χ1n) is 16.0. The van der Waals surface area contributed by atoms with Crippen LogP contribution in [-0.2, 0) is 32.6 Å². The van der Waals surface area contributed by atoms with E-state index in [-0.39, 0.29) is 35.6 Å². The Morgan fingerprint density at radius 2 is 1.46 bits per heavy atom. The second-order valence-corrected chi connectivity index (χ2v) is 13.8. The first-order valence-corrected chi connectivity index (χ1v) is 17.4. The lowest BCUT2D eigenvalue weighted by atomic mass is 10.0. The van der Waals surface area contributed by atoms with Crippen LogP contribution < -0.4 is 19.1 Å². The molecule has 9 nitrogen and oxygen atoms in total. The summed E-state index contributed by atoms with van der Waals surface area (Å²) in [6.45, 7) is 7.30. The fraction of sp³-hybridized carbons (Fsp3) is 0.316. The molecule has 0 fully saturated rings. The Kier molecular flexibility index (Phi) is 12.2. The van der Waals surface area contributed by atoms with E-state index < -0.39 is 28.5 Å². The van der Waals surface area contributed by atoms with E-state index in [2.05, 4.69) is 5.32 Å². The molecule has 0 spiro atoms. The third kappa shape index (κ3) is 8.95. The monoisotopic (exact) mass is 671 g/mol. The second-order valence-electron chi connectivity index (χ2n) is 11.9. The Labute approximate surface area is 284 Å². The first kappa shape index (κ1) is 36.0. The van der Waals surface area contributed by atoms with Crippen LogP contribution in [0.25, 0.3) is 0 Å². The van der Waals surface area contributed by atoms with Crippen molar-refractivity contribution in [2.24, 2.45) is 0 Å². The Morgan fingerprint density at radius 1 is 0.792 bits per heavy atom. The molecule has 0 aliphatic rings. The van der Waals surface area contributed by atoms with Gasteiger partial charge < -0.3 is 19.7 Å². The van der Waals surface area contributed by atoms with Crippen LogP contribution in [0.2, 0.25) is 0 Å². The van der Waals surface area contributed by atoms with Gasteiger partial charge in [0.05, 0.1) is 24.8 Å². The zero-order valence-electron chi connectivity index (χ0n) is 28.5. The molecule has 0 bridgehead atoms. The molecule has 0 radical (unpaired) electrons. The third-order valence-corrected chi connectivity index (χ3v) is 10.0. The lowest BCUT2D eigenvalue weighted by molar-refractivity contribution is -0.140. The minimum absolute atomic E-state index is 0.0749. The number of benzene rings is 4. The lowest BCUT2D eigenvalue weighted by Gasteiger charge is -2.34. The molecule has 2 amide bonds. The quantitative estimate of drug-likeness (QED) is 0.165. The SMILES string of the molecule is CC[C@@H](C)NC(=O)[C@H](Cc1ccccc1)N(Cc1cccc(C)c1)C(=O)CN(c1ccc(C)cc1)S(=O)(=O)c1ccc(OC)c(OC)c1. The van der Waals surface area contributed by atoms with Gasteiger partial charge in [-0.1, -0.05) is 84.8 Å². The molecule has 254 valence electrons. The van der Waals surface area contributed by atoms with Crippen molar-refractivity contribution < 1.29 is 27.5 Å². The van der Waals surface area contributed by atoms with Crippen LogP contribution in [0.3, 0.4) is 0 Å². The molecule has 0 aromatic heterocycles. The molecule has 0 saturated carbocycles. The van der Waals surface area contributed by atoms with E-state index in [1.807, 2.05) is 82.3 Å². The van der Waals surface area contributed by atoms with E-state index in [4.69, 9.17) is 9.47 Å². The van der Waals surface area contributed by atoms with E-state index in [1.165, 1.54) is 37.3 Å². The number of hydrogen-bond acceptors (Lipinski definition) is 6. The molecule has 0 saturated heterocycles. The summed E-state index contributed by atoms with van der Waals surface area (Å²) in [6.07, 6.45) is 0.952. The normalized spacial score (nSPS) is 12.5. The number of carbonyl (C=O) groups is 2. The number of anilines is 1. The molecule has 0 heterocycles. The van der Waals surface area contributed by atoms with Crippen molar-refractivity contribution in [2.75, 3.05) is 25.1 Å². The molecule has 4 aromatic carbocycles. The summed E-state index contributed by atoms with van der Waals surface area (Å²) in [6, 6.07) is 27.4. The van der Waals surface area contributed by atoms with Crippen LogP contribution in [0.15, 0.2) is 102 Å². The fourth-order valence-corrected chi connectivity index (χ4v) is 6.78. The summed E-state index contributed by atoms with van der Waals surface area (Å²) < 4.78 is 40.6. The number of aryl methyl sites for hydroxylation is 2. The number of nitrogens with one attached hydrogen (secondary N) is 1. The van der Waals surface area contributed by atoms with Gasteiger partial charge in [-0.3, -0.25) is 13.9 Å². The number of sulfonamides is 1. The maximum absolute atomic E-state index is 14.7. The van der Waals surface area contributed by atoms with Gasteiger partial charge in [0.2, 0.25) is 11.8 Å². The van der Waals surface area contributed by atoms with Crippen molar-refractivity contribution in [2.45, 2.75) is 64.1 Å². The number of amides is 2. The van der Waals surface area contributed by atoms with Crippen molar-refractivity contribution in [3.05, 3.63) is 119 Å². The minimum atomic E-state index is -4.31. The molecular weight excluding hydrogens is 627 g/mol. The zero-order chi connectivity index (χ0) is 34.8. The highest BCUT2D eigenvalue weighted by Crippen LogP contribution is 2.32. The number of methoxy groups -OCH3 is 2. The molecule has 0 aliphatic heterocycles. The van der Waals surface area contributed by atoms with Crippen molar-refractivity contribution in [3.8, 4) is 11.5 Å². The molecular formula is C38H45N3O6S. The first-order chi connectivity index (χ1) is 23.0. The van der Waals surface area contributed by atoms with Gasteiger partial charge in [0.1, 0.15) is 12.6 Å². The van der Waals surface area contributed by atoms with Gasteiger partial charge in [0.25, 0.3) is 10.0 Å². The third-order valence-electron chi connectivity index (χ3n) is 8.25. The maximum atomic E-state index is 14.7. The highest BCUT2D eigenvalue weighted by atomic mass is 32.2. The molecule has 2 atom stereocenters. The summed E-state index contributed by atoms with van der Waals surface area (Å²) in [4.78, 5) is 30.1. The number of ether oxygens (including phenoxy) is 2. The average molecular weight is 672 g/mol. The number of nitrogens with zero attached hydrogens (tertiary/aromatic N) is 2. The molecule has 4 rings (SSSR count). The molecule has 0 aliphatic carbocycles. The topological polar surface area (TPSA) is 105 Å². The minimum Gasteiger partial charge on any atom is -0.493 e. The van der Waals surface area contributed by atoms with Gasteiger partial charge in [-0.2, -0.15) is 0 Å². The van der Waals surface area contributed by atoms with Crippen LogP contribution in [0.5, 0.6) is 11.5 Å². The van der Waals surface area contributed by atoms with Crippen molar-refractivity contribution in [1.82, 2.24) is 10.2 Å². The molecule has 48 heavy (non-hydrogen) atoms. The predicted octanol–water partition coefficient (Wildman–Crippen LogP) is 6.07. The van der Waals surface area contributed by atoms with Gasteiger partial charge in [-0.25, -0.2) is 8.42 Å². The van der Waals surface area contributed by atoms with Crippen LogP contribution in [0, 0.1) is 13.8 Å². The van der Waals surface area contributed by atoms with Gasteiger partial charge in [-0.15, -0.1) is 0 Å². The van der Waals surface area contributed by atoms with E-state index in [0.29, 0.717) is 17.9 Å². The van der Waals surface area contributed by atoms with Crippen LogP contribution >= 0.6 is 0 Å². The maximum Gasteiger partial charge on any atom is 0.264 e. The Balaban J connectivity index is 1.83. The second kappa shape index (κ2) is 16.3. The molecule has 0 unspecified atom stereocenters. The summed E-state index contributed by atoms with van der Waals surface area (Å²) in [5, 5.41) is 3.06. The molecule has 4 aromatic rings. The summed E-state index contributed by atoms with van der Waals surface area (Å²) in [5.74, 6) is -0.227. The van der Waals surface area contributed by atoms with E-state index >= 15 is 0 Å². The van der Waals surface area contributed by atoms with Gasteiger partial charge in [0.15, 0.2) is 11.5 Å².